The molecular weight excluding hydrogens is 346 g/mol. The number of rotatable bonds is 10. The molecule has 2 aromatic carbocycles. The molecule has 0 saturated heterocycles. The first kappa shape index (κ1) is 21.7. The zero-order valence-electron chi connectivity index (χ0n) is 17.8. The predicted molar refractivity (Wildman–Crippen MR) is 119 cm³/mol. The molecule has 0 aliphatic carbocycles. The number of carbonyl (C=O) groups is 1. The Labute approximate surface area is 170 Å². The summed E-state index contributed by atoms with van der Waals surface area (Å²) in [6.45, 7) is 15.2. The topological polar surface area (TPSA) is 29.5 Å². The largest absolute Gasteiger partial charge is 0.489 e. The number of nitrogens with zero attached hydrogens (tertiary/aromatic N) is 1. The van der Waals surface area contributed by atoms with Gasteiger partial charge >= 0.3 is 0 Å². The Morgan fingerprint density at radius 1 is 1.07 bits per heavy atom. The number of anilines is 1. The molecule has 0 amide bonds. The van der Waals surface area contributed by atoms with Gasteiger partial charge in [-0.25, -0.2) is 0 Å². The standard InChI is InChI=1S/C25H33NO2/c1-7-14-28-25-13-12-20(17-27)15-24(25)23(8-2)21-10-9-11-22(16-21)26(18(3)4)19(5)6/h7,9-13,15-19,23H,1,8,14H2,2-6H3/t23-/m1/s1. The lowest BCUT2D eigenvalue weighted by atomic mass is 9.87. The highest BCUT2D eigenvalue weighted by molar-refractivity contribution is 5.76. The monoisotopic (exact) mass is 379 g/mol. The van der Waals surface area contributed by atoms with Gasteiger partial charge in [0, 0.05) is 34.8 Å². The number of hydrogen-bond acceptors (Lipinski definition) is 3. The number of carbonyl (C=O) groups excluding carboxylic acids is 1. The highest BCUT2D eigenvalue weighted by Crippen LogP contribution is 2.36. The van der Waals surface area contributed by atoms with Gasteiger partial charge in [-0.2, -0.15) is 0 Å². The molecule has 0 bridgehead atoms. The van der Waals surface area contributed by atoms with Crippen molar-refractivity contribution in [3.8, 4) is 5.75 Å². The molecule has 0 spiro atoms. The summed E-state index contributed by atoms with van der Waals surface area (Å²) in [7, 11) is 0. The summed E-state index contributed by atoms with van der Waals surface area (Å²) >= 11 is 0. The molecule has 0 N–H and O–H groups in total. The molecule has 1 atom stereocenters. The SMILES string of the molecule is C=CCOc1ccc(C=O)cc1[C@H](CC)c1cccc(N(C(C)C)C(C)C)c1. The van der Waals surface area contributed by atoms with E-state index in [4.69, 9.17) is 4.74 Å². The van der Waals surface area contributed by atoms with E-state index < -0.39 is 0 Å². The Balaban J connectivity index is 2.52. The molecule has 2 rings (SSSR count). The van der Waals surface area contributed by atoms with Crippen LogP contribution in [-0.4, -0.2) is 25.0 Å². The average molecular weight is 380 g/mol. The maximum atomic E-state index is 11.4. The van der Waals surface area contributed by atoms with Gasteiger partial charge < -0.3 is 9.64 Å². The van der Waals surface area contributed by atoms with Crippen LogP contribution < -0.4 is 9.64 Å². The smallest absolute Gasteiger partial charge is 0.150 e. The number of aldehydes is 1. The quantitative estimate of drug-likeness (QED) is 0.362. The third kappa shape index (κ3) is 5.03. The Morgan fingerprint density at radius 2 is 1.79 bits per heavy atom. The molecule has 0 aliphatic rings. The number of ether oxygens (including phenoxy) is 1. The van der Waals surface area contributed by atoms with Gasteiger partial charge in [0.25, 0.3) is 0 Å². The lowest BCUT2D eigenvalue weighted by molar-refractivity contribution is 0.112. The Hall–Kier alpha value is -2.55. The molecule has 0 unspecified atom stereocenters. The van der Waals surface area contributed by atoms with E-state index in [1.165, 1.54) is 11.3 Å². The Bertz CT molecular complexity index is 787. The fourth-order valence-electron chi connectivity index (χ4n) is 3.92. The van der Waals surface area contributed by atoms with E-state index in [0.717, 1.165) is 24.0 Å². The van der Waals surface area contributed by atoms with Crippen molar-refractivity contribution in [1.29, 1.82) is 0 Å². The van der Waals surface area contributed by atoms with Gasteiger partial charge in [-0.15, -0.1) is 0 Å². The van der Waals surface area contributed by atoms with Crippen molar-refractivity contribution in [2.75, 3.05) is 11.5 Å². The van der Waals surface area contributed by atoms with Gasteiger partial charge in [-0.05, 0) is 70.0 Å². The fourth-order valence-corrected chi connectivity index (χ4v) is 3.92. The van der Waals surface area contributed by atoms with Gasteiger partial charge in [0.05, 0.1) is 0 Å². The summed E-state index contributed by atoms with van der Waals surface area (Å²) in [5.74, 6) is 0.966. The van der Waals surface area contributed by atoms with Crippen LogP contribution in [0.3, 0.4) is 0 Å². The fraction of sp³-hybridized carbons (Fsp3) is 0.400. The first-order chi connectivity index (χ1) is 13.4. The summed E-state index contributed by atoms with van der Waals surface area (Å²) in [6, 6.07) is 15.2. The molecule has 0 aliphatic heterocycles. The molecule has 3 heteroatoms. The molecule has 3 nitrogen and oxygen atoms in total. The first-order valence-electron chi connectivity index (χ1n) is 10.1. The van der Waals surface area contributed by atoms with Gasteiger partial charge in [-0.1, -0.05) is 31.7 Å². The molecule has 28 heavy (non-hydrogen) atoms. The van der Waals surface area contributed by atoms with Crippen molar-refractivity contribution >= 4 is 12.0 Å². The van der Waals surface area contributed by atoms with Crippen molar-refractivity contribution in [3.63, 3.8) is 0 Å². The van der Waals surface area contributed by atoms with Crippen LogP contribution in [0.25, 0.3) is 0 Å². The molecule has 0 radical (unpaired) electrons. The molecular formula is C25H33NO2. The van der Waals surface area contributed by atoms with E-state index in [9.17, 15) is 4.79 Å². The molecule has 0 aromatic heterocycles. The minimum Gasteiger partial charge on any atom is -0.489 e. The maximum Gasteiger partial charge on any atom is 0.150 e. The van der Waals surface area contributed by atoms with Gasteiger partial charge in [0.15, 0.2) is 0 Å². The summed E-state index contributed by atoms with van der Waals surface area (Å²) in [5.41, 5.74) is 4.17. The zero-order chi connectivity index (χ0) is 20.7. The van der Waals surface area contributed by atoms with E-state index in [-0.39, 0.29) is 5.92 Å². The van der Waals surface area contributed by atoms with Crippen molar-refractivity contribution in [2.24, 2.45) is 0 Å². The third-order valence-electron chi connectivity index (χ3n) is 4.99. The van der Waals surface area contributed by atoms with E-state index in [2.05, 4.69) is 70.4 Å². The third-order valence-corrected chi connectivity index (χ3v) is 4.99. The van der Waals surface area contributed by atoms with E-state index in [0.29, 0.717) is 24.3 Å². The lowest BCUT2D eigenvalue weighted by Crippen LogP contribution is -2.37. The summed E-state index contributed by atoms with van der Waals surface area (Å²) in [5, 5.41) is 0. The minimum absolute atomic E-state index is 0.154. The van der Waals surface area contributed by atoms with Crippen LogP contribution in [0.5, 0.6) is 5.75 Å². The predicted octanol–water partition coefficient (Wildman–Crippen LogP) is 6.23. The van der Waals surface area contributed by atoms with Crippen LogP contribution in [0, 0.1) is 0 Å². The van der Waals surface area contributed by atoms with E-state index in [1.54, 1.807) is 12.1 Å². The number of benzene rings is 2. The van der Waals surface area contributed by atoms with E-state index >= 15 is 0 Å². The number of hydrogen-bond donors (Lipinski definition) is 0. The van der Waals surface area contributed by atoms with E-state index in [1.807, 2.05) is 12.1 Å². The van der Waals surface area contributed by atoms with Crippen molar-refractivity contribution < 1.29 is 9.53 Å². The average Bonchev–Trinajstić information content (AvgIpc) is 2.67. The van der Waals surface area contributed by atoms with Crippen LogP contribution in [0.15, 0.2) is 55.1 Å². The van der Waals surface area contributed by atoms with Gasteiger partial charge in [0.1, 0.15) is 18.6 Å². The molecule has 0 heterocycles. The molecule has 0 saturated carbocycles. The van der Waals surface area contributed by atoms with Crippen LogP contribution in [0.2, 0.25) is 0 Å². The second-order valence-corrected chi connectivity index (χ2v) is 7.67. The first-order valence-corrected chi connectivity index (χ1v) is 10.1. The molecule has 150 valence electrons. The molecule has 0 fully saturated rings. The van der Waals surface area contributed by atoms with Crippen LogP contribution in [-0.2, 0) is 0 Å². The van der Waals surface area contributed by atoms with Crippen LogP contribution in [0.1, 0.15) is 68.4 Å². The van der Waals surface area contributed by atoms with Crippen LogP contribution in [0.4, 0.5) is 5.69 Å². The van der Waals surface area contributed by atoms with Gasteiger partial charge in [-0.3, -0.25) is 4.79 Å². The highest BCUT2D eigenvalue weighted by atomic mass is 16.5. The lowest BCUT2D eigenvalue weighted by Gasteiger charge is -2.34. The summed E-state index contributed by atoms with van der Waals surface area (Å²) < 4.78 is 5.90. The second-order valence-electron chi connectivity index (χ2n) is 7.67. The highest BCUT2D eigenvalue weighted by Gasteiger charge is 2.20. The Kier molecular flexibility index (Phi) is 7.86. The molecule has 2 aromatic rings. The van der Waals surface area contributed by atoms with Crippen LogP contribution >= 0.6 is 0 Å². The Morgan fingerprint density at radius 3 is 2.36 bits per heavy atom. The maximum absolute atomic E-state index is 11.4. The summed E-state index contributed by atoms with van der Waals surface area (Å²) in [4.78, 5) is 13.8. The van der Waals surface area contributed by atoms with Crippen molar-refractivity contribution in [1.82, 2.24) is 0 Å². The summed E-state index contributed by atoms with van der Waals surface area (Å²) in [6.07, 6.45) is 3.55. The van der Waals surface area contributed by atoms with Gasteiger partial charge in [0.2, 0.25) is 0 Å². The second kappa shape index (κ2) is 10.1. The minimum atomic E-state index is 0.154. The van der Waals surface area contributed by atoms with Crippen molar-refractivity contribution in [2.45, 2.75) is 59.0 Å². The zero-order valence-corrected chi connectivity index (χ0v) is 17.8. The normalized spacial score (nSPS) is 12.1. The van der Waals surface area contributed by atoms with Crippen molar-refractivity contribution in [3.05, 3.63) is 71.8 Å².